The van der Waals surface area contributed by atoms with Crippen molar-refractivity contribution in [3.63, 3.8) is 0 Å². The molecule has 2 N–H and O–H groups in total. The number of aliphatic hydroxyl groups is 1. The molecular weight excluding hydrogens is 772 g/mol. The monoisotopic (exact) mass is 816 g/mol. The molecule has 2 aliphatic carbocycles. The van der Waals surface area contributed by atoms with Crippen LogP contribution < -0.4 is 10.9 Å². The van der Waals surface area contributed by atoms with Crippen LogP contribution in [0.3, 0.4) is 0 Å². The fraction of sp³-hybridized carbons (Fsp3) is 0.370. The molecule has 9 rings (SSSR count). The Bertz CT molecular complexity index is 2650. The van der Waals surface area contributed by atoms with Crippen LogP contribution in [0.1, 0.15) is 77.3 Å². The average Bonchev–Trinajstić information content (AvgIpc) is 3.77. The standard InChI is InChI=1S/C46H45FN4O9/c1-5-46(56)33-18-36-40-31(20-51(36)42(53)32(33)22-59-43(46)54)39-38-26(25(2)34(47)19-35(38)49-40)14-15-45(39,3)23-57-16-17-58-24-48-37(52)21-50(4)44(55)60-41-29-12-8-6-10-27(29)28-11-7-9-13-30(28)41/h6-13,18-19,41,56H,5,14-17,20-24H2,1-4H3,(H,48,52)/t45-,46+/m1/s1. The van der Waals surface area contributed by atoms with Gasteiger partial charge in [0.05, 0.1) is 48.8 Å². The van der Waals surface area contributed by atoms with E-state index in [2.05, 4.69) is 12.2 Å². The van der Waals surface area contributed by atoms with Crippen LogP contribution in [-0.4, -0.2) is 77.7 Å². The van der Waals surface area contributed by atoms with E-state index in [-0.39, 0.29) is 75.2 Å². The Morgan fingerprint density at radius 3 is 2.45 bits per heavy atom. The van der Waals surface area contributed by atoms with Gasteiger partial charge in [0.25, 0.3) is 5.56 Å². The number of cyclic esters (lactones) is 1. The van der Waals surface area contributed by atoms with Gasteiger partial charge in [0.15, 0.2) is 11.7 Å². The van der Waals surface area contributed by atoms with Gasteiger partial charge in [-0.2, -0.15) is 0 Å². The van der Waals surface area contributed by atoms with Gasteiger partial charge in [-0.05, 0) is 60.1 Å². The molecule has 0 radical (unpaired) electrons. The van der Waals surface area contributed by atoms with E-state index in [0.717, 1.165) is 44.3 Å². The summed E-state index contributed by atoms with van der Waals surface area (Å²) in [5.74, 6) is -1.59. The summed E-state index contributed by atoms with van der Waals surface area (Å²) in [6.07, 6.45) is 0.0632. The number of esters is 1. The lowest BCUT2D eigenvalue weighted by Crippen LogP contribution is -2.44. The van der Waals surface area contributed by atoms with Crippen LogP contribution in [0.25, 0.3) is 33.4 Å². The molecule has 0 bridgehead atoms. The van der Waals surface area contributed by atoms with Crippen molar-refractivity contribution in [2.45, 2.75) is 70.3 Å². The topological polar surface area (TPSA) is 159 Å². The van der Waals surface area contributed by atoms with E-state index in [0.29, 0.717) is 35.3 Å². The first kappa shape index (κ1) is 39.5. The van der Waals surface area contributed by atoms with E-state index in [4.69, 9.17) is 23.9 Å². The zero-order valence-electron chi connectivity index (χ0n) is 33.9. The lowest BCUT2D eigenvalue weighted by atomic mass is 9.69. The molecule has 13 nitrogen and oxygen atoms in total. The van der Waals surface area contributed by atoms with Crippen LogP contribution in [-0.2, 0) is 59.1 Å². The number of ether oxygens (including phenoxy) is 4. The lowest BCUT2D eigenvalue weighted by molar-refractivity contribution is -0.172. The van der Waals surface area contributed by atoms with Gasteiger partial charge in [0.2, 0.25) is 5.91 Å². The molecule has 3 aromatic carbocycles. The molecule has 2 amide bonds. The highest BCUT2D eigenvalue weighted by Crippen LogP contribution is 2.49. The molecule has 0 unspecified atom stereocenters. The first-order valence-corrected chi connectivity index (χ1v) is 20.2. The van der Waals surface area contributed by atoms with Crippen LogP contribution in [0, 0.1) is 12.7 Å². The van der Waals surface area contributed by atoms with Gasteiger partial charge >= 0.3 is 12.1 Å². The average molecular weight is 817 g/mol. The summed E-state index contributed by atoms with van der Waals surface area (Å²) in [5, 5.41) is 14.9. The molecule has 2 aromatic heterocycles. The number of aryl methyl sites for hydroxylation is 1. The predicted molar refractivity (Wildman–Crippen MR) is 218 cm³/mol. The SMILES string of the molecule is CC[C@@]1(O)C(=O)OCc2c1cc1n(c2=O)Cc2c-1nc1cc(F)c(C)c3c1c2[C@@](C)(COCCOCNC(=O)CN(C)C(=O)OC1c2ccccc2-c2ccccc21)CC3. The van der Waals surface area contributed by atoms with Gasteiger partial charge in [-0.1, -0.05) is 62.4 Å². The number of carbonyl (C=O) groups is 3. The molecule has 0 fully saturated rings. The van der Waals surface area contributed by atoms with E-state index in [1.165, 1.54) is 18.0 Å². The number of carbonyl (C=O) groups excluding carboxylic acids is 3. The number of pyridine rings is 2. The Balaban J connectivity index is 0.843. The van der Waals surface area contributed by atoms with E-state index in [1.54, 1.807) is 24.5 Å². The number of nitrogens with one attached hydrogen (secondary N) is 1. The van der Waals surface area contributed by atoms with Crippen molar-refractivity contribution < 1.29 is 42.8 Å². The zero-order chi connectivity index (χ0) is 42.1. The quantitative estimate of drug-likeness (QED) is 0.0948. The third-order valence-electron chi connectivity index (χ3n) is 12.7. The van der Waals surface area contributed by atoms with Crippen LogP contribution in [0.15, 0.2) is 65.5 Å². The smallest absolute Gasteiger partial charge is 0.410 e. The van der Waals surface area contributed by atoms with Crippen LogP contribution in [0.2, 0.25) is 0 Å². The number of hydrogen-bond acceptors (Lipinski definition) is 10. The summed E-state index contributed by atoms with van der Waals surface area (Å²) in [6.45, 7) is 5.83. The highest BCUT2D eigenvalue weighted by molar-refractivity contribution is 5.94. The summed E-state index contributed by atoms with van der Waals surface area (Å²) in [6, 6.07) is 18.7. The second-order valence-corrected chi connectivity index (χ2v) is 16.3. The molecule has 2 aliphatic heterocycles. The van der Waals surface area contributed by atoms with Crippen LogP contribution >= 0.6 is 0 Å². The lowest BCUT2D eigenvalue weighted by Gasteiger charge is -2.37. The summed E-state index contributed by atoms with van der Waals surface area (Å²) in [7, 11) is 1.50. The molecule has 2 atom stereocenters. The summed E-state index contributed by atoms with van der Waals surface area (Å²) < 4.78 is 40.0. The number of rotatable bonds is 11. The minimum Gasteiger partial charge on any atom is -0.458 e. The minimum absolute atomic E-state index is 0.0186. The molecule has 4 aliphatic rings. The molecule has 0 saturated carbocycles. The predicted octanol–water partition coefficient (Wildman–Crippen LogP) is 5.68. The van der Waals surface area contributed by atoms with Crippen molar-refractivity contribution in [2.75, 3.05) is 40.1 Å². The zero-order valence-corrected chi connectivity index (χ0v) is 33.9. The van der Waals surface area contributed by atoms with Gasteiger partial charge in [-0.3, -0.25) is 9.59 Å². The summed E-state index contributed by atoms with van der Waals surface area (Å²) >= 11 is 0. The maximum Gasteiger partial charge on any atom is 0.410 e. The van der Waals surface area contributed by atoms with Crippen LogP contribution in [0.5, 0.6) is 0 Å². The van der Waals surface area contributed by atoms with Crippen molar-refractivity contribution in [1.29, 1.82) is 0 Å². The third-order valence-corrected chi connectivity index (χ3v) is 12.7. The maximum atomic E-state index is 15.4. The Hall–Kier alpha value is -5.96. The second-order valence-electron chi connectivity index (χ2n) is 16.3. The number of benzene rings is 3. The number of halogens is 1. The van der Waals surface area contributed by atoms with Crippen molar-refractivity contribution in [3.8, 4) is 22.5 Å². The highest BCUT2D eigenvalue weighted by atomic mass is 19.1. The first-order valence-electron chi connectivity index (χ1n) is 20.2. The normalized spacial score (nSPS) is 19.5. The second kappa shape index (κ2) is 14.9. The van der Waals surface area contributed by atoms with Gasteiger partial charge in [-0.15, -0.1) is 0 Å². The molecule has 60 heavy (non-hydrogen) atoms. The number of fused-ring (bicyclic) bond motifs is 8. The van der Waals surface area contributed by atoms with Crippen molar-refractivity contribution in [2.24, 2.45) is 0 Å². The van der Waals surface area contributed by atoms with E-state index in [1.807, 2.05) is 48.5 Å². The first-order chi connectivity index (χ1) is 28.8. The van der Waals surface area contributed by atoms with Crippen molar-refractivity contribution in [3.05, 3.63) is 121 Å². The number of nitrogens with zero attached hydrogens (tertiary/aromatic N) is 3. The van der Waals surface area contributed by atoms with E-state index >= 15 is 4.39 Å². The molecule has 0 spiro atoms. The van der Waals surface area contributed by atoms with Gasteiger partial charge < -0.3 is 38.8 Å². The Morgan fingerprint density at radius 1 is 1.03 bits per heavy atom. The Morgan fingerprint density at radius 2 is 1.73 bits per heavy atom. The van der Waals surface area contributed by atoms with Crippen LogP contribution in [0.4, 0.5) is 9.18 Å². The minimum atomic E-state index is -1.97. The Kier molecular flexibility index (Phi) is 9.84. The summed E-state index contributed by atoms with van der Waals surface area (Å²) in [5.41, 5.74) is 5.97. The molecular formula is C46H45FN4O9. The molecule has 4 heterocycles. The largest absolute Gasteiger partial charge is 0.458 e. The van der Waals surface area contributed by atoms with Gasteiger partial charge in [0, 0.05) is 46.2 Å². The van der Waals surface area contributed by atoms with Gasteiger partial charge in [0.1, 0.15) is 25.7 Å². The molecule has 5 aromatic rings. The fourth-order valence-corrected chi connectivity index (χ4v) is 9.42. The molecule has 310 valence electrons. The fourth-order valence-electron chi connectivity index (χ4n) is 9.42. The number of amides is 2. The molecule has 0 saturated heterocycles. The molecule has 14 heteroatoms. The van der Waals surface area contributed by atoms with E-state index in [9.17, 15) is 24.3 Å². The summed E-state index contributed by atoms with van der Waals surface area (Å²) in [4.78, 5) is 58.7. The number of aromatic nitrogens is 2. The maximum absolute atomic E-state index is 15.4. The van der Waals surface area contributed by atoms with E-state index < -0.39 is 35.1 Å². The van der Waals surface area contributed by atoms with Gasteiger partial charge in [-0.25, -0.2) is 19.0 Å². The Labute approximate surface area is 345 Å². The third kappa shape index (κ3) is 6.27. The number of likely N-dealkylation sites (N-methyl/N-ethyl adjacent to an activating group) is 1. The number of hydrogen-bond donors (Lipinski definition) is 2. The highest BCUT2D eigenvalue weighted by Gasteiger charge is 2.47. The van der Waals surface area contributed by atoms with Crippen molar-refractivity contribution >= 4 is 28.9 Å². The van der Waals surface area contributed by atoms with Crippen molar-refractivity contribution in [1.82, 2.24) is 19.8 Å².